The lowest BCUT2D eigenvalue weighted by Crippen LogP contribution is -2.50. The molecule has 0 fully saturated rings. The quantitative estimate of drug-likeness (QED) is 0.315. The predicted molar refractivity (Wildman–Crippen MR) is 89.9 cm³/mol. The van der Waals surface area contributed by atoms with E-state index < -0.39 is 36.0 Å². The van der Waals surface area contributed by atoms with E-state index in [1.165, 1.54) is 16.7 Å². The molecule has 0 aliphatic rings. The Labute approximate surface area is 144 Å². The van der Waals surface area contributed by atoms with Gasteiger partial charge < -0.3 is 36.1 Å². The molecule has 0 radical (unpaired) electrons. The molecule has 0 heterocycles. The van der Waals surface area contributed by atoms with Gasteiger partial charge in [-0.2, -0.15) is 0 Å². The molecule has 0 aromatic heterocycles. The third-order valence-corrected chi connectivity index (χ3v) is 4.12. The SMILES string of the molecule is Cc1ccc(C)c(C)c1.O.OC[C@@H](O)[C@@H](O)[C@H](O)[C@@H](O)[CH](O)[AlH2]. The van der Waals surface area contributed by atoms with Crippen LogP contribution in [0.2, 0.25) is 0 Å². The number of hydrogen-bond donors (Lipinski definition) is 6. The predicted octanol–water partition coefficient (Wildman–Crippen LogP) is -2.84. The second-order valence-corrected chi connectivity index (χ2v) is 6.73. The van der Waals surface area contributed by atoms with Gasteiger partial charge in [0.25, 0.3) is 16.3 Å². The van der Waals surface area contributed by atoms with Crippen LogP contribution in [0, 0.1) is 20.8 Å². The van der Waals surface area contributed by atoms with Crippen LogP contribution in [0.5, 0.6) is 0 Å². The van der Waals surface area contributed by atoms with E-state index >= 15 is 0 Å². The molecule has 0 saturated heterocycles. The molecule has 5 atom stereocenters. The van der Waals surface area contributed by atoms with Crippen LogP contribution < -0.4 is 0 Å². The van der Waals surface area contributed by atoms with E-state index in [1.807, 2.05) is 0 Å². The maximum atomic E-state index is 9.15. The zero-order chi connectivity index (χ0) is 17.4. The minimum Gasteiger partial charge on any atom is -0.412 e. The highest BCUT2D eigenvalue weighted by Crippen LogP contribution is 2.08. The molecule has 0 amide bonds. The highest BCUT2D eigenvalue weighted by atomic mass is 27.0. The van der Waals surface area contributed by atoms with E-state index in [4.69, 9.17) is 30.6 Å². The Bertz CT molecular complexity index is 442. The molecule has 0 spiro atoms. The number of aliphatic hydroxyl groups is 6. The Balaban J connectivity index is 0. The lowest BCUT2D eigenvalue weighted by molar-refractivity contribution is -0.129. The second-order valence-electron chi connectivity index (χ2n) is 5.55. The molecule has 0 aliphatic heterocycles. The van der Waals surface area contributed by atoms with Gasteiger partial charge in [0.2, 0.25) is 0 Å². The van der Waals surface area contributed by atoms with Crippen molar-refractivity contribution in [1.82, 2.24) is 0 Å². The average Bonchev–Trinajstić information content (AvgIpc) is 2.48. The number of rotatable bonds is 5. The van der Waals surface area contributed by atoms with Crippen LogP contribution in [0.4, 0.5) is 0 Å². The Kier molecular flexibility index (Phi) is 12.8. The summed E-state index contributed by atoms with van der Waals surface area (Å²) in [6.45, 7) is 5.67. The smallest absolute Gasteiger partial charge is 0.262 e. The molecule has 0 aliphatic carbocycles. The summed E-state index contributed by atoms with van der Waals surface area (Å²) in [4.78, 5) is -1.09. The van der Waals surface area contributed by atoms with Crippen LogP contribution in [0.25, 0.3) is 0 Å². The third kappa shape index (κ3) is 8.77. The van der Waals surface area contributed by atoms with Crippen molar-refractivity contribution in [2.75, 3.05) is 6.61 Å². The van der Waals surface area contributed by atoms with E-state index in [0.717, 1.165) is 0 Å². The van der Waals surface area contributed by atoms with Gasteiger partial charge in [-0.05, 0) is 31.9 Å². The first kappa shape index (κ1) is 24.7. The number of aliphatic hydroxyl groups excluding tert-OH is 6. The van der Waals surface area contributed by atoms with Crippen LogP contribution in [0.15, 0.2) is 18.2 Å². The lowest BCUT2D eigenvalue weighted by Gasteiger charge is -2.27. The number of aryl methyl sites for hydroxylation is 3. The van der Waals surface area contributed by atoms with Gasteiger partial charge in [-0.1, -0.05) is 23.8 Å². The van der Waals surface area contributed by atoms with Gasteiger partial charge in [0.05, 0.1) is 12.7 Å². The van der Waals surface area contributed by atoms with Crippen molar-refractivity contribution in [3.8, 4) is 0 Å². The van der Waals surface area contributed by atoms with E-state index in [2.05, 4.69) is 39.0 Å². The Morgan fingerprint density at radius 3 is 1.74 bits per heavy atom. The van der Waals surface area contributed by atoms with Gasteiger partial charge in [-0.25, -0.2) is 0 Å². The first-order valence-electron chi connectivity index (χ1n) is 7.16. The molecule has 8 heteroatoms. The van der Waals surface area contributed by atoms with Crippen LogP contribution in [-0.2, 0) is 0 Å². The molecule has 7 nitrogen and oxygen atoms in total. The van der Waals surface area contributed by atoms with Crippen molar-refractivity contribution in [3.05, 3.63) is 34.9 Å². The molecule has 0 bridgehead atoms. The average molecular weight is 348 g/mol. The molecule has 1 aromatic carbocycles. The fraction of sp³-hybridized carbons (Fsp3) is 0.600. The zero-order valence-electron chi connectivity index (χ0n) is 14.0. The summed E-state index contributed by atoms with van der Waals surface area (Å²) < 4.78 is 0. The van der Waals surface area contributed by atoms with Gasteiger partial charge in [0, 0.05) is 4.97 Å². The Hall–Kier alpha value is -0.528. The monoisotopic (exact) mass is 348 g/mol. The molecule has 8 N–H and O–H groups in total. The highest BCUT2D eigenvalue weighted by molar-refractivity contribution is 6.11. The Morgan fingerprint density at radius 2 is 1.39 bits per heavy atom. The first-order chi connectivity index (χ1) is 10.1. The normalized spacial score (nSPS) is 16.9. The van der Waals surface area contributed by atoms with E-state index in [0.29, 0.717) is 0 Å². The number of hydrogen-bond acceptors (Lipinski definition) is 6. The molecule has 23 heavy (non-hydrogen) atoms. The Morgan fingerprint density at radius 1 is 0.870 bits per heavy atom. The van der Waals surface area contributed by atoms with Gasteiger partial charge in [-0.3, -0.25) is 0 Å². The summed E-state index contributed by atoms with van der Waals surface area (Å²) in [5.41, 5.74) is 4.11. The van der Waals surface area contributed by atoms with Crippen LogP contribution in [0.1, 0.15) is 16.7 Å². The minimum atomic E-state index is -1.66. The van der Waals surface area contributed by atoms with Crippen molar-refractivity contribution in [3.63, 3.8) is 0 Å². The van der Waals surface area contributed by atoms with E-state index in [1.54, 1.807) is 0 Å². The fourth-order valence-electron chi connectivity index (χ4n) is 1.71. The van der Waals surface area contributed by atoms with Crippen LogP contribution >= 0.6 is 0 Å². The van der Waals surface area contributed by atoms with E-state index in [-0.39, 0.29) is 21.8 Å². The summed E-state index contributed by atoms with van der Waals surface area (Å²) in [5.74, 6) is 0. The summed E-state index contributed by atoms with van der Waals surface area (Å²) in [6.07, 6.45) is -6.34. The van der Waals surface area contributed by atoms with Crippen molar-refractivity contribution < 1.29 is 36.1 Å². The summed E-state index contributed by atoms with van der Waals surface area (Å²) in [5, 5.41) is 53.5. The van der Waals surface area contributed by atoms with Gasteiger partial charge in [0.15, 0.2) is 0 Å². The van der Waals surface area contributed by atoms with Gasteiger partial charge in [-0.15, -0.1) is 0 Å². The molecular formula is C15H29AlO7. The second kappa shape index (κ2) is 11.9. The molecule has 1 aromatic rings. The number of benzene rings is 1. The van der Waals surface area contributed by atoms with Crippen molar-refractivity contribution in [1.29, 1.82) is 0 Å². The van der Waals surface area contributed by atoms with Crippen molar-refractivity contribution in [2.45, 2.75) is 50.2 Å². The molecule has 1 rings (SSSR count). The van der Waals surface area contributed by atoms with Crippen molar-refractivity contribution in [2.24, 2.45) is 0 Å². The van der Waals surface area contributed by atoms with Crippen LogP contribution in [0.3, 0.4) is 0 Å². The molecule has 0 saturated carbocycles. The minimum absolute atomic E-state index is 0. The topological polar surface area (TPSA) is 153 Å². The lowest BCUT2D eigenvalue weighted by atomic mass is 10.0. The molecular weight excluding hydrogens is 319 g/mol. The summed E-state index contributed by atoms with van der Waals surface area (Å²) >= 11 is 0.234. The maximum absolute atomic E-state index is 9.15. The van der Waals surface area contributed by atoms with Gasteiger partial charge >= 0.3 is 0 Å². The maximum Gasteiger partial charge on any atom is 0.262 e. The molecule has 1 unspecified atom stereocenters. The molecule has 134 valence electrons. The first-order valence-corrected chi connectivity index (χ1v) is 8.32. The zero-order valence-corrected chi connectivity index (χ0v) is 16.0. The fourth-order valence-corrected chi connectivity index (χ4v) is 2.11. The highest BCUT2D eigenvalue weighted by Gasteiger charge is 2.31. The summed E-state index contributed by atoms with van der Waals surface area (Å²) in [6, 6.07) is 6.50. The summed E-state index contributed by atoms with van der Waals surface area (Å²) in [7, 11) is 0. The van der Waals surface area contributed by atoms with E-state index in [9.17, 15) is 0 Å². The third-order valence-electron chi connectivity index (χ3n) is 3.44. The van der Waals surface area contributed by atoms with Crippen molar-refractivity contribution >= 4 is 16.3 Å². The largest absolute Gasteiger partial charge is 0.412 e. The van der Waals surface area contributed by atoms with Crippen LogP contribution in [-0.4, -0.2) is 88.4 Å². The standard InChI is InChI=1S/C9H12.C6H13O6.Al.H2O.2H/c1-7-4-5-8(2)9(3)6-7;7-1-3(9)5(11)6(12)4(10)2-8;;;;/h4-6H,1-3H3;1,3-12H,2H2;;1H2;;/t;3-,4+,5+,6+;;;;/m.0..../s1. The van der Waals surface area contributed by atoms with Gasteiger partial charge in [0.1, 0.15) is 18.3 Å².